The second-order valence-corrected chi connectivity index (χ2v) is 9.28. The van der Waals surface area contributed by atoms with Gasteiger partial charge in [-0.2, -0.15) is 0 Å². The SMILES string of the molecule is CC(C)CC(C)(CCc1ccccc1)CB1OC(C)(C)C(C)(C)O1. The number of hydrogen-bond donors (Lipinski definition) is 0. The van der Waals surface area contributed by atoms with E-state index < -0.39 is 0 Å². The largest absolute Gasteiger partial charge is 0.458 e. The first-order chi connectivity index (χ1) is 11.0. The van der Waals surface area contributed by atoms with Crippen LogP contribution in [-0.2, 0) is 15.7 Å². The van der Waals surface area contributed by atoms with Crippen molar-refractivity contribution in [2.75, 3.05) is 0 Å². The van der Waals surface area contributed by atoms with Crippen molar-refractivity contribution in [3.05, 3.63) is 35.9 Å². The van der Waals surface area contributed by atoms with E-state index in [4.69, 9.17) is 9.31 Å². The second kappa shape index (κ2) is 7.21. The van der Waals surface area contributed by atoms with Gasteiger partial charge in [-0.05, 0) is 70.2 Å². The van der Waals surface area contributed by atoms with Gasteiger partial charge in [0.15, 0.2) is 0 Å². The van der Waals surface area contributed by atoms with Crippen LogP contribution in [0.3, 0.4) is 0 Å². The van der Waals surface area contributed by atoms with Gasteiger partial charge in [0.2, 0.25) is 0 Å². The van der Waals surface area contributed by atoms with Gasteiger partial charge in [-0.1, -0.05) is 51.1 Å². The van der Waals surface area contributed by atoms with Crippen molar-refractivity contribution in [3.63, 3.8) is 0 Å². The van der Waals surface area contributed by atoms with Gasteiger partial charge in [0.1, 0.15) is 0 Å². The van der Waals surface area contributed by atoms with E-state index >= 15 is 0 Å². The summed E-state index contributed by atoms with van der Waals surface area (Å²) in [5.41, 5.74) is 1.16. The first kappa shape index (κ1) is 19.5. The number of aryl methyl sites for hydroxylation is 1. The number of rotatable bonds is 7. The maximum Gasteiger partial charge on any atom is 0.458 e. The quantitative estimate of drug-likeness (QED) is 0.591. The van der Waals surface area contributed by atoms with Gasteiger partial charge in [0.25, 0.3) is 0 Å². The summed E-state index contributed by atoms with van der Waals surface area (Å²) in [4.78, 5) is 0. The molecular weight excluding hydrogens is 295 g/mol. The molecule has 1 aromatic carbocycles. The van der Waals surface area contributed by atoms with E-state index in [1.54, 1.807) is 0 Å². The minimum absolute atomic E-state index is 0.102. The van der Waals surface area contributed by atoms with Crippen LogP contribution in [0.1, 0.15) is 66.9 Å². The van der Waals surface area contributed by atoms with E-state index in [9.17, 15) is 0 Å². The summed E-state index contributed by atoms with van der Waals surface area (Å²) in [6, 6.07) is 10.8. The minimum Gasteiger partial charge on any atom is -0.403 e. The van der Waals surface area contributed by atoms with Crippen molar-refractivity contribution in [2.24, 2.45) is 11.3 Å². The molecule has 0 amide bonds. The molecule has 2 rings (SSSR count). The van der Waals surface area contributed by atoms with E-state index in [0.29, 0.717) is 5.92 Å². The highest BCUT2D eigenvalue weighted by atomic mass is 16.7. The lowest BCUT2D eigenvalue weighted by Crippen LogP contribution is -2.41. The topological polar surface area (TPSA) is 18.5 Å². The summed E-state index contributed by atoms with van der Waals surface area (Å²) in [5, 5.41) is 0. The fourth-order valence-electron chi connectivity index (χ4n) is 3.81. The molecule has 1 unspecified atom stereocenters. The molecule has 1 aromatic rings. The smallest absolute Gasteiger partial charge is 0.403 e. The summed E-state index contributed by atoms with van der Waals surface area (Å²) < 4.78 is 12.5. The first-order valence-electron chi connectivity index (χ1n) is 9.43. The molecule has 134 valence electrons. The Morgan fingerprint density at radius 2 is 1.54 bits per heavy atom. The van der Waals surface area contributed by atoms with Crippen molar-refractivity contribution >= 4 is 7.12 Å². The Morgan fingerprint density at radius 1 is 1.00 bits per heavy atom. The van der Waals surface area contributed by atoms with Gasteiger partial charge in [-0.15, -0.1) is 0 Å². The lowest BCUT2D eigenvalue weighted by atomic mass is 9.63. The standard InChI is InChI=1S/C21H35BO2/c1-17(2)15-21(7,14-13-18-11-9-8-10-12-18)16-22-23-19(3,4)20(5,6)24-22/h8-12,17H,13-16H2,1-7H3. The van der Waals surface area contributed by atoms with E-state index in [2.05, 4.69) is 78.8 Å². The van der Waals surface area contributed by atoms with Crippen molar-refractivity contribution < 1.29 is 9.31 Å². The predicted molar refractivity (Wildman–Crippen MR) is 103 cm³/mol. The molecule has 0 aliphatic carbocycles. The Balaban J connectivity index is 2.05. The van der Waals surface area contributed by atoms with Crippen molar-refractivity contribution in [2.45, 2.75) is 85.3 Å². The Kier molecular flexibility index (Phi) is 5.87. The molecule has 0 N–H and O–H groups in total. The molecule has 1 fully saturated rings. The molecule has 1 atom stereocenters. The van der Waals surface area contributed by atoms with Crippen molar-refractivity contribution in [3.8, 4) is 0 Å². The summed E-state index contributed by atoms with van der Waals surface area (Å²) in [5.74, 6) is 0.674. The Morgan fingerprint density at radius 3 is 2.04 bits per heavy atom. The van der Waals surface area contributed by atoms with Crippen molar-refractivity contribution in [1.82, 2.24) is 0 Å². The predicted octanol–water partition coefficient (Wildman–Crippen LogP) is 5.76. The average Bonchev–Trinajstić information content (AvgIpc) is 2.64. The van der Waals surface area contributed by atoms with Crippen LogP contribution in [0.15, 0.2) is 30.3 Å². The lowest BCUT2D eigenvalue weighted by Gasteiger charge is -2.32. The van der Waals surface area contributed by atoms with Crippen LogP contribution in [0, 0.1) is 11.3 Å². The monoisotopic (exact) mass is 330 g/mol. The molecule has 0 bridgehead atoms. The molecule has 1 saturated heterocycles. The van der Waals surface area contributed by atoms with Gasteiger partial charge in [-0.25, -0.2) is 0 Å². The van der Waals surface area contributed by atoms with Gasteiger partial charge in [0.05, 0.1) is 11.2 Å². The highest BCUT2D eigenvalue weighted by Gasteiger charge is 2.52. The zero-order chi connectivity index (χ0) is 18.0. The Labute approximate surface area is 149 Å². The van der Waals surface area contributed by atoms with E-state index in [-0.39, 0.29) is 23.7 Å². The zero-order valence-corrected chi connectivity index (χ0v) is 16.7. The van der Waals surface area contributed by atoms with Crippen LogP contribution in [0.25, 0.3) is 0 Å². The Bertz CT molecular complexity index is 508. The molecule has 2 nitrogen and oxygen atoms in total. The van der Waals surface area contributed by atoms with Crippen LogP contribution < -0.4 is 0 Å². The van der Waals surface area contributed by atoms with E-state index in [0.717, 1.165) is 12.7 Å². The molecule has 0 aromatic heterocycles. The fraction of sp³-hybridized carbons (Fsp3) is 0.714. The van der Waals surface area contributed by atoms with E-state index in [1.807, 2.05) is 0 Å². The van der Waals surface area contributed by atoms with Crippen molar-refractivity contribution in [1.29, 1.82) is 0 Å². The third kappa shape index (κ3) is 4.86. The summed E-state index contributed by atoms with van der Waals surface area (Å²) >= 11 is 0. The number of benzene rings is 1. The lowest BCUT2D eigenvalue weighted by molar-refractivity contribution is 0.00578. The molecule has 0 saturated carbocycles. The van der Waals surface area contributed by atoms with Crippen LogP contribution in [-0.4, -0.2) is 18.3 Å². The zero-order valence-electron chi connectivity index (χ0n) is 16.7. The summed E-state index contributed by atoms with van der Waals surface area (Å²) in [6.45, 7) is 15.6. The third-order valence-electron chi connectivity index (χ3n) is 5.72. The molecule has 0 radical (unpaired) electrons. The summed E-state index contributed by atoms with van der Waals surface area (Å²) in [7, 11) is -0.102. The molecule has 1 aliphatic rings. The van der Waals surface area contributed by atoms with Gasteiger partial charge >= 0.3 is 7.12 Å². The molecule has 0 spiro atoms. The molecule has 1 heterocycles. The highest BCUT2D eigenvalue weighted by Crippen LogP contribution is 2.43. The van der Waals surface area contributed by atoms with Crippen LogP contribution >= 0.6 is 0 Å². The minimum atomic E-state index is -0.240. The number of hydrogen-bond acceptors (Lipinski definition) is 2. The normalized spacial score (nSPS) is 21.9. The maximum atomic E-state index is 6.27. The van der Waals surface area contributed by atoms with Crippen LogP contribution in [0.2, 0.25) is 6.32 Å². The highest BCUT2D eigenvalue weighted by molar-refractivity contribution is 6.45. The van der Waals surface area contributed by atoms with E-state index in [1.165, 1.54) is 18.4 Å². The molecule has 24 heavy (non-hydrogen) atoms. The van der Waals surface area contributed by atoms with Crippen LogP contribution in [0.4, 0.5) is 0 Å². The molecule has 1 aliphatic heterocycles. The fourth-order valence-corrected chi connectivity index (χ4v) is 3.81. The average molecular weight is 330 g/mol. The van der Waals surface area contributed by atoms with Gasteiger partial charge in [0, 0.05) is 0 Å². The van der Waals surface area contributed by atoms with Gasteiger partial charge in [-0.3, -0.25) is 0 Å². The third-order valence-corrected chi connectivity index (χ3v) is 5.72. The first-order valence-corrected chi connectivity index (χ1v) is 9.43. The maximum absolute atomic E-state index is 6.27. The van der Waals surface area contributed by atoms with Gasteiger partial charge < -0.3 is 9.31 Å². The molecular formula is C21H35BO2. The second-order valence-electron chi connectivity index (χ2n) is 9.28. The van der Waals surface area contributed by atoms with Crippen LogP contribution in [0.5, 0.6) is 0 Å². The summed E-state index contributed by atoms with van der Waals surface area (Å²) in [6.07, 6.45) is 4.44. The molecule has 3 heteroatoms. The Hall–Kier alpha value is -0.795.